The van der Waals surface area contributed by atoms with Crippen LogP contribution in [0.4, 0.5) is 0 Å². The van der Waals surface area contributed by atoms with E-state index in [9.17, 15) is 4.79 Å². The zero-order valence-electron chi connectivity index (χ0n) is 9.37. The Morgan fingerprint density at radius 3 is 2.87 bits per heavy atom. The molecule has 0 radical (unpaired) electrons. The highest BCUT2D eigenvalue weighted by Gasteiger charge is 2.21. The lowest BCUT2D eigenvalue weighted by Crippen LogP contribution is -2.45. The van der Waals surface area contributed by atoms with Crippen LogP contribution >= 0.6 is 0 Å². The van der Waals surface area contributed by atoms with E-state index in [1.165, 1.54) is 0 Å². The second-order valence-electron chi connectivity index (χ2n) is 3.79. The molecule has 86 valence electrons. The lowest BCUT2D eigenvalue weighted by Gasteiger charge is -2.31. The number of ether oxygens (including phenoxy) is 1. The third-order valence-electron chi connectivity index (χ3n) is 2.71. The Labute approximate surface area is 91.3 Å². The number of nitrogens with one attached hydrogen (secondary N) is 1. The topological polar surface area (TPSA) is 41.6 Å². The van der Waals surface area contributed by atoms with E-state index in [-0.39, 0.29) is 12.5 Å². The first kappa shape index (κ1) is 12.2. The predicted octanol–water partition coefficient (Wildman–Crippen LogP) is 0.399. The van der Waals surface area contributed by atoms with Crippen molar-refractivity contribution in [3.63, 3.8) is 0 Å². The summed E-state index contributed by atoms with van der Waals surface area (Å²) < 4.78 is 5.13. The van der Waals surface area contributed by atoms with Crippen LogP contribution in [0.3, 0.4) is 0 Å². The molecule has 0 bridgehead atoms. The summed E-state index contributed by atoms with van der Waals surface area (Å²) in [6.07, 6.45) is 3.71. The number of hydrogen-bond donors (Lipinski definition) is 1. The van der Waals surface area contributed by atoms with E-state index in [1.54, 1.807) is 6.08 Å². The minimum absolute atomic E-state index is 0.0590. The standard InChI is InChI=1S/C11H20N2O2/c1-3-8-15-9-11(14)13(2)10-4-6-12-7-5-10/h3,10,12H,1,4-9H2,2H3. The molecule has 0 unspecified atom stereocenters. The summed E-state index contributed by atoms with van der Waals surface area (Å²) in [5.41, 5.74) is 0. The molecule has 1 aliphatic heterocycles. The van der Waals surface area contributed by atoms with Gasteiger partial charge in [-0.25, -0.2) is 0 Å². The summed E-state index contributed by atoms with van der Waals surface area (Å²) in [5.74, 6) is 0.0590. The van der Waals surface area contributed by atoms with Gasteiger partial charge >= 0.3 is 0 Å². The number of rotatable bonds is 5. The van der Waals surface area contributed by atoms with Gasteiger partial charge in [0.2, 0.25) is 5.91 Å². The van der Waals surface area contributed by atoms with Gasteiger partial charge in [0, 0.05) is 13.1 Å². The molecule has 1 N–H and O–H groups in total. The van der Waals surface area contributed by atoms with Gasteiger partial charge in [-0.3, -0.25) is 4.79 Å². The van der Waals surface area contributed by atoms with Crippen LogP contribution in [0.25, 0.3) is 0 Å². The fourth-order valence-corrected chi connectivity index (χ4v) is 1.73. The number of carbonyl (C=O) groups is 1. The first-order valence-corrected chi connectivity index (χ1v) is 5.40. The maximum absolute atomic E-state index is 11.7. The number of hydrogen-bond acceptors (Lipinski definition) is 3. The summed E-state index contributed by atoms with van der Waals surface area (Å²) in [6.45, 7) is 6.12. The van der Waals surface area contributed by atoms with Crippen molar-refractivity contribution in [1.82, 2.24) is 10.2 Å². The molecule has 1 saturated heterocycles. The maximum atomic E-state index is 11.7. The molecule has 0 aromatic rings. The quantitative estimate of drug-likeness (QED) is 0.530. The number of nitrogens with zero attached hydrogens (tertiary/aromatic N) is 1. The van der Waals surface area contributed by atoms with Crippen molar-refractivity contribution >= 4 is 5.91 Å². The Morgan fingerprint density at radius 1 is 1.60 bits per heavy atom. The first-order valence-electron chi connectivity index (χ1n) is 5.40. The molecular weight excluding hydrogens is 192 g/mol. The van der Waals surface area contributed by atoms with E-state index >= 15 is 0 Å². The second-order valence-corrected chi connectivity index (χ2v) is 3.79. The fourth-order valence-electron chi connectivity index (χ4n) is 1.73. The van der Waals surface area contributed by atoms with Crippen LogP contribution in [0.1, 0.15) is 12.8 Å². The van der Waals surface area contributed by atoms with Crippen LogP contribution in [0.15, 0.2) is 12.7 Å². The van der Waals surface area contributed by atoms with Crippen molar-refractivity contribution in [3.05, 3.63) is 12.7 Å². The highest BCUT2D eigenvalue weighted by molar-refractivity contribution is 5.77. The molecule has 15 heavy (non-hydrogen) atoms. The van der Waals surface area contributed by atoms with Crippen LogP contribution in [-0.2, 0) is 9.53 Å². The molecule has 4 nitrogen and oxygen atoms in total. The van der Waals surface area contributed by atoms with E-state index in [0.717, 1.165) is 25.9 Å². The van der Waals surface area contributed by atoms with Crippen LogP contribution in [-0.4, -0.2) is 50.2 Å². The summed E-state index contributed by atoms with van der Waals surface area (Å²) in [6, 6.07) is 0.367. The maximum Gasteiger partial charge on any atom is 0.248 e. The van der Waals surface area contributed by atoms with Crippen molar-refractivity contribution in [2.45, 2.75) is 18.9 Å². The van der Waals surface area contributed by atoms with Crippen molar-refractivity contribution in [3.8, 4) is 0 Å². The molecule has 0 aromatic heterocycles. The Kier molecular flexibility index (Phi) is 5.36. The molecule has 1 heterocycles. The average Bonchev–Trinajstić information content (AvgIpc) is 2.29. The van der Waals surface area contributed by atoms with Gasteiger partial charge in [0.1, 0.15) is 6.61 Å². The minimum atomic E-state index is 0.0590. The SMILES string of the molecule is C=CCOCC(=O)N(C)C1CCNCC1. The van der Waals surface area contributed by atoms with Crippen molar-refractivity contribution in [2.24, 2.45) is 0 Å². The molecular formula is C11H20N2O2. The van der Waals surface area contributed by atoms with Crippen molar-refractivity contribution < 1.29 is 9.53 Å². The second kappa shape index (κ2) is 6.58. The average molecular weight is 212 g/mol. The molecule has 0 atom stereocenters. The smallest absolute Gasteiger partial charge is 0.248 e. The van der Waals surface area contributed by atoms with Crippen LogP contribution in [0.2, 0.25) is 0 Å². The van der Waals surface area contributed by atoms with Gasteiger partial charge in [-0.15, -0.1) is 6.58 Å². The molecule has 1 aliphatic rings. The summed E-state index contributed by atoms with van der Waals surface area (Å²) >= 11 is 0. The molecule has 0 saturated carbocycles. The van der Waals surface area contributed by atoms with E-state index in [0.29, 0.717) is 12.6 Å². The Morgan fingerprint density at radius 2 is 2.27 bits per heavy atom. The molecule has 1 amide bonds. The van der Waals surface area contributed by atoms with Gasteiger partial charge in [0.15, 0.2) is 0 Å². The first-order chi connectivity index (χ1) is 7.25. The molecule has 1 rings (SSSR count). The Bertz CT molecular complexity index is 213. The van der Waals surface area contributed by atoms with Gasteiger partial charge in [0.05, 0.1) is 6.61 Å². The Hall–Kier alpha value is -0.870. The largest absolute Gasteiger partial charge is 0.368 e. The van der Waals surface area contributed by atoms with Gasteiger partial charge in [0.25, 0.3) is 0 Å². The number of likely N-dealkylation sites (N-methyl/N-ethyl adjacent to an activating group) is 1. The third kappa shape index (κ3) is 4.01. The zero-order valence-corrected chi connectivity index (χ0v) is 9.37. The third-order valence-corrected chi connectivity index (χ3v) is 2.71. The predicted molar refractivity (Wildman–Crippen MR) is 59.7 cm³/mol. The molecule has 0 spiro atoms. The minimum Gasteiger partial charge on any atom is -0.368 e. The lowest BCUT2D eigenvalue weighted by molar-refractivity contribution is -0.136. The van der Waals surface area contributed by atoms with Gasteiger partial charge in [-0.05, 0) is 25.9 Å². The van der Waals surface area contributed by atoms with Crippen LogP contribution < -0.4 is 5.32 Å². The Balaban J connectivity index is 2.27. The molecule has 4 heteroatoms. The van der Waals surface area contributed by atoms with Crippen molar-refractivity contribution in [2.75, 3.05) is 33.4 Å². The van der Waals surface area contributed by atoms with E-state index in [4.69, 9.17) is 4.74 Å². The highest BCUT2D eigenvalue weighted by Crippen LogP contribution is 2.09. The normalized spacial score (nSPS) is 17.4. The summed E-state index contributed by atoms with van der Waals surface area (Å²) in [7, 11) is 1.86. The van der Waals surface area contributed by atoms with Crippen molar-refractivity contribution in [1.29, 1.82) is 0 Å². The zero-order chi connectivity index (χ0) is 11.1. The summed E-state index contributed by atoms with van der Waals surface area (Å²) in [5, 5.41) is 3.28. The van der Waals surface area contributed by atoms with Gasteiger partial charge < -0.3 is 15.0 Å². The number of carbonyl (C=O) groups excluding carboxylic acids is 1. The number of amides is 1. The van der Waals surface area contributed by atoms with E-state index in [1.807, 2.05) is 11.9 Å². The highest BCUT2D eigenvalue weighted by atomic mass is 16.5. The fraction of sp³-hybridized carbons (Fsp3) is 0.727. The number of piperidine rings is 1. The molecule has 1 fully saturated rings. The monoisotopic (exact) mass is 212 g/mol. The van der Waals surface area contributed by atoms with Gasteiger partial charge in [-0.2, -0.15) is 0 Å². The van der Waals surface area contributed by atoms with Crippen LogP contribution in [0.5, 0.6) is 0 Å². The van der Waals surface area contributed by atoms with Crippen LogP contribution in [0, 0.1) is 0 Å². The van der Waals surface area contributed by atoms with E-state index < -0.39 is 0 Å². The lowest BCUT2D eigenvalue weighted by atomic mass is 10.1. The van der Waals surface area contributed by atoms with E-state index in [2.05, 4.69) is 11.9 Å². The van der Waals surface area contributed by atoms with Gasteiger partial charge in [-0.1, -0.05) is 6.08 Å². The molecule has 0 aliphatic carbocycles. The molecule has 0 aromatic carbocycles. The summed E-state index contributed by atoms with van der Waals surface area (Å²) in [4.78, 5) is 13.5.